The second-order valence-corrected chi connectivity index (χ2v) is 9.75. The predicted octanol–water partition coefficient (Wildman–Crippen LogP) is 3.99. The second-order valence-electron chi connectivity index (χ2n) is 7.20. The van der Waals surface area contributed by atoms with Crippen molar-refractivity contribution in [2.24, 2.45) is 0 Å². The number of hydrogen-bond donors (Lipinski definition) is 2. The number of sulfone groups is 1. The van der Waals surface area contributed by atoms with E-state index in [1.54, 1.807) is 6.07 Å². The molecule has 8 nitrogen and oxygen atoms in total. The highest BCUT2D eigenvalue weighted by Crippen LogP contribution is 2.38. The molecule has 0 saturated carbocycles. The van der Waals surface area contributed by atoms with E-state index >= 15 is 0 Å². The van der Waals surface area contributed by atoms with Crippen LogP contribution in [0.5, 0.6) is 0 Å². The van der Waals surface area contributed by atoms with Gasteiger partial charge in [-0.15, -0.1) is 0 Å². The Labute approximate surface area is 200 Å². The Morgan fingerprint density at radius 3 is 2.47 bits per heavy atom. The highest BCUT2D eigenvalue weighted by Gasteiger charge is 2.40. The van der Waals surface area contributed by atoms with E-state index in [2.05, 4.69) is 21.2 Å². The Morgan fingerprint density at radius 1 is 1.26 bits per heavy atom. The van der Waals surface area contributed by atoms with Crippen molar-refractivity contribution in [3.8, 4) is 6.07 Å². The van der Waals surface area contributed by atoms with Crippen molar-refractivity contribution in [3.05, 3.63) is 70.4 Å². The number of benzene rings is 2. The van der Waals surface area contributed by atoms with Crippen molar-refractivity contribution < 1.29 is 36.3 Å². The number of halogens is 4. The molecule has 0 fully saturated rings. The van der Waals surface area contributed by atoms with Crippen molar-refractivity contribution in [2.45, 2.75) is 17.1 Å². The van der Waals surface area contributed by atoms with Crippen LogP contribution in [-0.4, -0.2) is 37.1 Å². The topological polar surface area (TPSA) is 128 Å². The Bertz CT molecular complexity index is 1370. The van der Waals surface area contributed by atoms with E-state index in [-0.39, 0.29) is 32.7 Å². The van der Waals surface area contributed by atoms with E-state index in [9.17, 15) is 36.3 Å². The fourth-order valence-electron chi connectivity index (χ4n) is 3.54. The summed E-state index contributed by atoms with van der Waals surface area (Å²) in [6.07, 6.45) is -3.84. The summed E-state index contributed by atoms with van der Waals surface area (Å²) < 4.78 is 64.4. The molecule has 1 atom stereocenters. The zero-order valence-corrected chi connectivity index (χ0v) is 19.6. The maximum absolute atomic E-state index is 13.2. The number of urea groups is 1. The minimum Gasteiger partial charge on any atom is -0.478 e. The zero-order valence-electron chi connectivity index (χ0n) is 17.2. The predicted molar refractivity (Wildman–Crippen MR) is 118 cm³/mol. The highest BCUT2D eigenvalue weighted by atomic mass is 79.9. The van der Waals surface area contributed by atoms with E-state index in [0.717, 1.165) is 29.4 Å². The molecular weight excluding hydrogens is 543 g/mol. The van der Waals surface area contributed by atoms with Gasteiger partial charge in [0.2, 0.25) is 0 Å². The third-order valence-corrected chi connectivity index (χ3v) is 6.67. The van der Waals surface area contributed by atoms with Gasteiger partial charge in [-0.2, -0.15) is 18.4 Å². The lowest BCUT2D eigenvalue weighted by Crippen LogP contribution is -2.49. The van der Waals surface area contributed by atoms with Gasteiger partial charge in [0.25, 0.3) is 0 Å². The molecule has 34 heavy (non-hydrogen) atoms. The van der Waals surface area contributed by atoms with E-state index < -0.39 is 45.2 Å². The van der Waals surface area contributed by atoms with Crippen LogP contribution >= 0.6 is 15.9 Å². The maximum atomic E-state index is 13.2. The van der Waals surface area contributed by atoms with Gasteiger partial charge in [0.1, 0.15) is 0 Å². The van der Waals surface area contributed by atoms with Crippen LogP contribution < -0.4 is 10.2 Å². The van der Waals surface area contributed by atoms with Gasteiger partial charge in [-0.25, -0.2) is 18.0 Å². The van der Waals surface area contributed by atoms with Gasteiger partial charge in [0.05, 0.1) is 45.1 Å². The van der Waals surface area contributed by atoms with Crippen molar-refractivity contribution in [2.75, 3.05) is 16.5 Å². The molecule has 0 aliphatic carbocycles. The number of nitrogens with one attached hydrogen (secondary N) is 1. The Morgan fingerprint density at radius 2 is 1.94 bits per heavy atom. The molecule has 1 unspecified atom stereocenters. The number of amides is 2. The fourth-order valence-corrected chi connectivity index (χ4v) is 5.05. The number of allylic oxidation sites excluding steroid dienone is 1. The lowest BCUT2D eigenvalue weighted by molar-refractivity contribution is -0.137. The lowest BCUT2D eigenvalue weighted by Gasteiger charge is -2.36. The van der Waals surface area contributed by atoms with Gasteiger partial charge >= 0.3 is 18.2 Å². The minimum atomic E-state index is -4.70. The van der Waals surface area contributed by atoms with E-state index in [4.69, 9.17) is 5.26 Å². The molecule has 2 N–H and O–H groups in total. The number of nitriles is 1. The van der Waals surface area contributed by atoms with Crippen LogP contribution in [-0.2, 0) is 20.8 Å². The third kappa shape index (κ3) is 4.78. The van der Waals surface area contributed by atoms with Gasteiger partial charge in [-0.1, -0.05) is 28.1 Å². The molecule has 0 aromatic heterocycles. The number of alkyl halides is 4. The Balaban J connectivity index is 2.28. The SMILES string of the molecule is CS(=O)(=O)c1cc(C#N)ccc1C1NC(=O)N(c2cccc(C(F)(F)F)c2)C(CBr)=C1C(=O)O. The number of aliphatic carboxylic acids is 1. The number of nitrogens with zero attached hydrogens (tertiary/aromatic N) is 2. The summed E-state index contributed by atoms with van der Waals surface area (Å²) >= 11 is 3.10. The van der Waals surface area contributed by atoms with Crippen molar-refractivity contribution >= 4 is 43.5 Å². The first-order valence-electron chi connectivity index (χ1n) is 9.34. The van der Waals surface area contributed by atoms with E-state index in [1.165, 1.54) is 18.2 Å². The third-order valence-electron chi connectivity index (χ3n) is 4.98. The number of carbonyl (C=O) groups excluding carboxylic acids is 1. The molecule has 1 aliphatic rings. The Kier molecular flexibility index (Phi) is 6.77. The summed E-state index contributed by atoms with van der Waals surface area (Å²) in [7, 11) is -3.96. The minimum absolute atomic E-state index is 0.00141. The molecule has 0 radical (unpaired) electrons. The van der Waals surface area contributed by atoms with E-state index in [0.29, 0.717) is 6.07 Å². The largest absolute Gasteiger partial charge is 0.478 e. The van der Waals surface area contributed by atoms with Gasteiger partial charge in [0.15, 0.2) is 9.84 Å². The first-order valence-corrected chi connectivity index (χ1v) is 12.3. The summed E-state index contributed by atoms with van der Waals surface area (Å²) in [5.74, 6) is -1.53. The summed E-state index contributed by atoms with van der Waals surface area (Å²) in [5.41, 5.74) is -2.03. The molecule has 3 rings (SSSR count). The maximum Gasteiger partial charge on any atom is 0.416 e. The molecule has 178 valence electrons. The molecule has 0 bridgehead atoms. The van der Waals surface area contributed by atoms with Crippen LogP contribution in [0.15, 0.2) is 58.6 Å². The molecular formula is C21H15BrF3N3O5S. The molecule has 0 spiro atoms. The standard InChI is InChI=1S/C21H15BrF3N3O5S/c1-34(32,33)16-7-11(10-26)5-6-14(16)18-17(19(29)30)15(9-22)28(20(31)27-18)13-4-2-3-12(8-13)21(23,24)25/h2-8,18H,9H2,1H3,(H,27,31)(H,29,30). The smallest absolute Gasteiger partial charge is 0.416 e. The van der Waals surface area contributed by atoms with Gasteiger partial charge in [0, 0.05) is 11.6 Å². The van der Waals surface area contributed by atoms with Crippen molar-refractivity contribution in [1.29, 1.82) is 5.26 Å². The van der Waals surface area contributed by atoms with Gasteiger partial charge in [-0.3, -0.25) is 4.90 Å². The summed E-state index contributed by atoms with van der Waals surface area (Å²) in [5, 5.41) is 21.2. The monoisotopic (exact) mass is 557 g/mol. The lowest BCUT2D eigenvalue weighted by atomic mass is 9.94. The number of carbonyl (C=O) groups is 2. The Hall–Kier alpha value is -3.37. The number of hydrogen-bond acceptors (Lipinski definition) is 5. The number of carboxylic acids is 1. The second kappa shape index (κ2) is 9.11. The quantitative estimate of drug-likeness (QED) is 0.535. The summed E-state index contributed by atoms with van der Waals surface area (Å²) in [6.45, 7) is 0. The van der Waals surface area contributed by atoms with Crippen molar-refractivity contribution in [1.82, 2.24) is 5.32 Å². The average Bonchev–Trinajstić information content (AvgIpc) is 2.76. The number of rotatable bonds is 5. The number of carboxylic acid groups (broad SMARTS) is 1. The molecule has 1 aliphatic heterocycles. The highest BCUT2D eigenvalue weighted by molar-refractivity contribution is 9.09. The van der Waals surface area contributed by atoms with Crippen LogP contribution in [0.1, 0.15) is 22.7 Å². The zero-order chi connectivity index (χ0) is 25.4. The van der Waals surface area contributed by atoms with Crippen LogP contribution in [0.4, 0.5) is 23.7 Å². The van der Waals surface area contributed by atoms with Crippen molar-refractivity contribution in [3.63, 3.8) is 0 Å². The molecule has 13 heteroatoms. The van der Waals surface area contributed by atoms with Crippen LogP contribution in [0.25, 0.3) is 0 Å². The van der Waals surface area contributed by atoms with Crippen LogP contribution in [0.3, 0.4) is 0 Å². The first kappa shape index (κ1) is 25.3. The normalized spacial score (nSPS) is 16.8. The molecule has 2 amide bonds. The van der Waals surface area contributed by atoms with Gasteiger partial charge < -0.3 is 10.4 Å². The molecule has 2 aromatic carbocycles. The molecule has 1 heterocycles. The van der Waals surface area contributed by atoms with Crippen LogP contribution in [0.2, 0.25) is 0 Å². The first-order chi connectivity index (χ1) is 15.8. The fraction of sp³-hybridized carbons (Fsp3) is 0.190. The molecule has 2 aromatic rings. The average molecular weight is 558 g/mol. The van der Waals surface area contributed by atoms with Gasteiger partial charge in [-0.05, 0) is 35.9 Å². The van der Waals surface area contributed by atoms with E-state index in [1.807, 2.05) is 0 Å². The summed E-state index contributed by atoms with van der Waals surface area (Å²) in [6, 6.07) is 6.70. The van der Waals surface area contributed by atoms with Crippen LogP contribution in [0, 0.1) is 11.3 Å². The summed E-state index contributed by atoms with van der Waals surface area (Å²) in [4.78, 5) is 25.7. The molecule has 0 saturated heterocycles. The number of anilines is 1.